The van der Waals surface area contributed by atoms with E-state index in [4.69, 9.17) is 23.2 Å². The fraction of sp³-hybridized carbons (Fsp3) is 0.312. The van der Waals surface area contributed by atoms with E-state index in [2.05, 4.69) is 5.32 Å². The van der Waals surface area contributed by atoms with Crippen LogP contribution in [0.3, 0.4) is 0 Å². The Labute approximate surface area is 158 Å². The van der Waals surface area contributed by atoms with Crippen LogP contribution in [0.2, 0.25) is 10.0 Å². The Kier molecular flexibility index (Phi) is 4.66. The lowest BCUT2D eigenvalue weighted by molar-refractivity contribution is -0.131. The van der Waals surface area contributed by atoms with Crippen LogP contribution in [0.15, 0.2) is 28.4 Å². The molecule has 25 heavy (non-hydrogen) atoms. The smallest absolute Gasteiger partial charge is 0.319 e. The first-order valence-corrected chi connectivity index (χ1v) is 9.12. The molecule has 0 radical (unpaired) electrons. The van der Waals surface area contributed by atoms with E-state index in [-0.39, 0.29) is 18.0 Å². The highest BCUT2D eigenvalue weighted by Crippen LogP contribution is 2.34. The fourth-order valence-corrected chi connectivity index (χ4v) is 4.21. The van der Waals surface area contributed by atoms with Gasteiger partial charge in [-0.15, -0.1) is 0 Å². The van der Waals surface area contributed by atoms with Crippen LogP contribution in [-0.4, -0.2) is 28.0 Å². The number of aromatic nitrogens is 1. The SMILES string of the molecule is Cc1csc(=O)n1CCN1C(=O)NC(C)(c2ccc(Cl)cc2Cl)C1=O. The second-order valence-electron chi connectivity index (χ2n) is 5.93. The first-order chi connectivity index (χ1) is 11.7. The molecular weight excluding hydrogens is 385 g/mol. The molecule has 1 aliphatic heterocycles. The Morgan fingerprint density at radius 2 is 1.92 bits per heavy atom. The third-order valence-corrected chi connectivity index (χ3v) is 5.70. The number of thiazole rings is 1. The van der Waals surface area contributed by atoms with Crippen molar-refractivity contribution in [1.29, 1.82) is 0 Å². The molecule has 3 rings (SSSR count). The number of aryl methyl sites for hydroxylation is 1. The molecule has 3 amide bonds. The zero-order valence-corrected chi connectivity index (χ0v) is 15.8. The number of urea groups is 1. The molecule has 1 atom stereocenters. The Bertz CT molecular complexity index is 924. The third kappa shape index (κ3) is 3.07. The predicted octanol–water partition coefficient (Wildman–Crippen LogP) is 2.99. The maximum Gasteiger partial charge on any atom is 0.325 e. The van der Waals surface area contributed by atoms with Crippen molar-refractivity contribution in [3.05, 3.63) is 54.5 Å². The van der Waals surface area contributed by atoms with Gasteiger partial charge in [-0.25, -0.2) is 4.79 Å². The van der Waals surface area contributed by atoms with Crippen LogP contribution < -0.4 is 10.2 Å². The van der Waals surface area contributed by atoms with Gasteiger partial charge in [0.25, 0.3) is 5.91 Å². The van der Waals surface area contributed by atoms with E-state index in [0.29, 0.717) is 15.6 Å². The van der Waals surface area contributed by atoms with Crippen LogP contribution in [0.5, 0.6) is 0 Å². The number of amides is 3. The van der Waals surface area contributed by atoms with Crippen LogP contribution in [0.4, 0.5) is 4.79 Å². The number of nitrogens with one attached hydrogen (secondary N) is 1. The van der Waals surface area contributed by atoms with Crippen molar-refractivity contribution in [1.82, 2.24) is 14.8 Å². The quantitative estimate of drug-likeness (QED) is 0.803. The summed E-state index contributed by atoms with van der Waals surface area (Å²) in [4.78, 5) is 38.0. The highest BCUT2D eigenvalue weighted by molar-refractivity contribution is 7.07. The summed E-state index contributed by atoms with van der Waals surface area (Å²) in [6, 6.07) is 4.25. The lowest BCUT2D eigenvalue weighted by Crippen LogP contribution is -2.41. The van der Waals surface area contributed by atoms with E-state index >= 15 is 0 Å². The van der Waals surface area contributed by atoms with Crippen LogP contribution in [0.1, 0.15) is 18.2 Å². The van der Waals surface area contributed by atoms with Gasteiger partial charge in [0, 0.05) is 39.8 Å². The number of rotatable bonds is 4. The number of carbonyl (C=O) groups excluding carboxylic acids is 2. The maximum atomic E-state index is 12.9. The number of imide groups is 1. The minimum Gasteiger partial charge on any atom is -0.319 e. The van der Waals surface area contributed by atoms with Gasteiger partial charge in [0.1, 0.15) is 5.54 Å². The highest BCUT2D eigenvalue weighted by atomic mass is 35.5. The number of nitrogens with zero attached hydrogens (tertiary/aromatic N) is 2. The second kappa shape index (κ2) is 6.48. The van der Waals surface area contributed by atoms with Gasteiger partial charge >= 0.3 is 10.9 Å². The molecule has 0 aliphatic carbocycles. The second-order valence-corrected chi connectivity index (χ2v) is 7.60. The number of benzene rings is 1. The molecule has 1 unspecified atom stereocenters. The van der Waals surface area contributed by atoms with Gasteiger partial charge in [0.2, 0.25) is 0 Å². The number of halogens is 2. The first kappa shape index (κ1) is 18.0. The monoisotopic (exact) mass is 399 g/mol. The van der Waals surface area contributed by atoms with Gasteiger partial charge in [0.05, 0.1) is 0 Å². The average Bonchev–Trinajstić information content (AvgIpc) is 2.96. The van der Waals surface area contributed by atoms with Gasteiger partial charge in [-0.2, -0.15) is 0 Å². The molecule has 0 saturated carbocycles. The van der Waals surface area contributed by atoms with Crippen molar-refractivity contribution in [2.24, 2.45) is 0 Å². The Morgan fingerprint density at radius 3 is 2.52 bits per heavy atom. The zero-order valence-electron chi connectivity index (χ0n) is 13.5. The van der Waals surface area contributed by atoms with E-state index in [1.54, 1.807) is 31.4 Å². The summed E-state index contributed by atoms with van der Waals surface area (Å²) in [7, 11) is 0. The normalized spacial score (nSPS) is 20.2. The van der Waals surface area contributed by atoms with Gasteiger partial charge in [0.15, 0.2) is 0 Å². The summed E-state index contributed by atoms with van der Waals surface area (Å²) in [6.07, 6.45) is 0. The predicted molar refractivity (Wildman–Crippen MR) is 97.4 cm³/mol. The van der Waals surface area contributed by atoms with Crippen molar-refractivity contribution in [2.45, 2.75) is 25.9 Å². The van der Waals surface area contributed by atoms with Gasteiger partial charge in [-0.1, -0.05) is 40.6 Å². The lowest BCUT2D eigenvalue weighted by atomic mass is 9.92. The summed E-state index contributed by atoms with van der Waals surface area (Å²) in [5.74, 6) is -0.414. The summed E-state index contributed by atoms with van der Waals surface area (Å²) < 4.78 is 1.54. The van der Waals surface area contributed by atoms with Crippen LogP contribution in [0, 0.1) is 6.92 Å². The van der Waals surface area contributed by atoms with E-state index in [0.717, 1.165) is 21.9 Å². The zero-order chi connectivity index (χ0) is 18.4. The Balaban J connectivity index is 1.85. The standard InChI is InChI=1S/C16H15Cl2N3O3S/c1-9-8-25-15(24)20(9)5-6-21-13(22)16(2,19-14(21)23)11-4-3-10(17)7-12(11)18/h3-4,7-8H,5-6H2,1-2H3,(H,19,23). The number of hydrogen-bond donors (Lipinski definition) is 1. The number of carbonyl (C=O) groups is 2. The van der Waals surface area contributed by atoms with E-state index in [9.17, 15) is 14.4 Å². The minimum absolute atomic E-state index is 0.100. The third-order valence-electron chi connectivity index (χ3n) is 4.27. The topological polar surface area (TPSA) is 71.4 Å². The van der Waals surface area contributed by atoms with Gasteiger partial charge < -0.3 is 9.88 Å². The Hall–Kier alpha value is -1.83. The molecule has 1 saturated heterocycles. The summed E-state index contributed by atoms with van der Waals surface area (Å²) >= 11 is 13.2. The lowest BCUT2D eigenvalue weighted by Gasteiger charge is -2.23. The highest BCUT2D eigenvalue weighted by Gasteiger charge is 2.49. The summed E-state index contributed by atoms with van der Waals surface area (Å²) in [5.41, 5.74) is 0.00166. The van der Waals surface area contributed by atoms with Gasteiger partial charge in [-0.3, -0.25) is 14.5 Å². The molecule has 9 heteroatoms. The summed E-state index contributed by atoms with van der Waals surface area (Å²) in [5, 5.41) is 5.18. The minimum atomic E-state index is -1.27. The van der Waals surface area contributed by atoms with Crippen molar-refractivity contribution < 1.29 is 9.59 Å². The van der Waals surface area contributed by atoms with Crippen molar-refractivity contribution >= 4 is 46.5 Å². The molecule has 0 bridgehead atoms. The maximum absolute atomic E-state index is 12.9. The van der Waals surface area contributed by atoms with Crippen LogP contribution >= 0.6 is 34.5 Å². The summed E-state index contributed by atoms with van der Waals surface area (Å²) in [6.45, 7) is 3.76. The fourth-order valence-electron chi connectivity index (χ4n) is 2.85. The van der Waals surface area contributed by atoms with Crippen LogP contribution in [-0.2, 0) is 16.9 Å². The van der Waals surface area contributed by atoms with Gasteiger partial charge in [-0.05, 0) is 26.0 Å². The molecule has 1 aliphatic rings. The number of hydrogen-bond acceptors (Lipinski definition) is 4. The molecule has 1 aromatic carbocycles. The molecule has 6 nitrogen and oxygen atoms in total. The van der Waals surface area contributed by atoms with Crippen molar-refractivity contribution in [2.75, 3.05) is 6.54 Å². The van der Waals surface area contributed by atoms with Crippen molar-refractivity contribution in [3.63, 3.8) is 0 Å². The van der Waals surface area contributed by atoms with E-state index in [1.807, 2.05) is 0 Å². The molecule has 1 fully saturated rings. The molecular formula is C16H15Cl2N3O3S. The molecule has 132 valence electrons. The largest absolute Gasteiger partial charge is 0.325 e. The molecule has 2 heterocycles. The average molecular weight is 400 g/mol. The molecule has 1 aromatic heterocycles. The van der Waals surface area contributed by atoms with E-state index in [1.165, 1.54) is 10.6 Å². The molecule has 1 N–H and O–H groups in total. The van der Waals surface area contributed by atoms with Crippen molar-refractivity contribution in [3.8, 4) is 0 Å². The Morgan fingerprint density at radius 1 is 1.20 bits per heavy atom. The molecule has 2 aromatic rings. The first-order valence-electron chi connectivity index (χ1n) is 7.48. The molecule has 0 spiro atoms. The van der Waals surface area contributed by atoms with Crippen LogP contribution in [0.25, 0.3) is 0 Å². The van der Waals surface area contributed by atoms with E-state index < -0.39 is 17.5 Å².